The molecule has 0 bridgehead atoms. The SMILES string of the molecule is C[C@H]1CC(NC(CO)CO)c2ccsc2S1. The van der Waals surface area contributed by atoms with Gasteiger partial charge in [-0.15, -0.1) is 23.1 Å². The highest BCUT2D eigenvalue weighted by atomic mass is 32.2. The molecule has 0 fully saturated rings. The molecule has 0 aliphatic carbocycles. The molecule has 1 aromatic heterocycles. The first-order chi connectivity index (χ1) is 7.74. The molecule has 5 heteroatoms. The average Bonchev–Trinajstić information content (AvgIpc) is 2.73. The minimum Gasteiger partial charge on any atom is -0.395 e. The van der Waals surface area contributed by atoms with Gasteiger partial charge in [0.05, 0.1) is 23.5 Å². The second-order valence-corrected chi connectivity index (χ2v) is 6.73. The summed E-state index contributed by atoms with van der Waals surface area (Å²) < 4.78 is 1.37. The Kier molecular flexibility index (Phi) is 4.27. The maximum atomic E-state index is 9.10. The summed E-state index contributed by atoms with van der Waals surface area (Å²) in [6, 6.07) is 2.19. The van der Waals surface area contributed by atoms with Crippen LogP contribution in [0.25, 0.3) is 0 Å². The first-order valence-electron chi connectivity index (χ1n) is 5.46. The van der Waals surface area contributed by atoms with E-state index in [9.17, 15) is 0 Å². The quantitative estimate of drug-likeness (QED) is 0.769. The largest absolute Gasteiger partial charge is 0.395 e. The van der Waals surface area contributed by atoms with Crippen LogP contribution in [0, 0.1) is 0 Å². The lowest BCUT2D eigenvalue weighted by Gasteiger charge is -2.30. The lowest BCUT2D eigenvalue weighted by molar-refractivity contribution is 0.160. The number of thiophene rings is 1. The van der Waals surface area contributed by atoms with Gasteiger partial charge >= 0.3 is 0 Å². The molecule has 0 amide bonds. The van der Waals surface area contributed by atoms with E-state index in [4.69, 9.17) is 10.2 Å². The molecule has 0 saturated carbocycles. The minimum absolute atomic E-state index is 0.0198. The van der Waals surface area contributed by atoms with Crippen molar-refractivity contribution in [3.05, 3.63) is 17.0 Å². The van der Waals surface area contributed by atoms with E-state index in [-0.39, 0.29) is 25.3 Å². The van der Waals surface area contributed by atoms with Gasteiger partial charge in [0.25, 0.3) is 0 Å². The fraction of sp³-hybridized carbons (Fsp3) is 0.636. The van der Waals surface area contributed by atoms with Crippen molar-refractivity contribution in [2.75, 3.05) is 13.2 Å². The smallest absolute Gasteiger partial charge is 0.0649 e. The molecule has 1 unspecified atom stereocenters. The van der Waals surface area contributed by atoms with Crippen LogP contribution in [0.5, 0.6) is 0 Å². The Labute approximate surface area is 104 Å². The van der Waals surface area contributed by atoms with Crippen molar-refractivity contribution in [2.24, 2.45) is 0 Å². The van der Waals surface area contributed by atoms with Crippen molar-refractivity contribution in [2.45, 2.75) is 34.9 Å². The number of fused-ring (bicyclic) bond motifs is 1. The molecule has 1 aliphatic heterocycles. The van der Waals surface area contributed by atoms with Gasteiger partial charge in [0.1, 0.15) is 0 Å². The summed E-state index contributed by atoms with van der Waals surface area (Å²) in [5.74, 6) is 0. The molecule has 90 valence electrons. The van der Waals surface area contributed by atoms with Crippen molar-refractivity contribution >= 4 is 23.1 Å². The maximum absolute atomic E-state index is 9.10. The van der Waals surface area contributed by atoms with Crippen LogP contribution < -0.4 is 5.32 Å². The van der Waals surface area contributed by atoms with E-state index in [0.29, 0.717) is 5.25 Å². The fourth-order valence-corrected chi connectivity index (χ4v) is 4.52. The Morgan fingerprint density at radius 3 is 2.94 bits per heavy atom. The third-order valence-electron chi connectivity index (χ3n) is 2.79. The van der Waals surface area contributed by atoms with Crippen LogP contribution in [-0.4, -0.2) is 34.7 Å². The van der Waals surface area contributed by atoms with Crippen molar-refractivity contribution in [3.8, 4) is 0 Å². The van der Waals surface area contributed by atoms with Crippen molar-refractivity contribution in [1.82, 2.24) is 5.32 Å². The van der Waals surface area contributed by atoms with Gasteiger partial charge in [0.15, 0.2) is 0 Å². The monoisotopic (exact) mass is 259 g/mol. The van der Waals surface area contributed by atoms with Crippen molar-refractivity contribution in [3.63, 3.8) is 0 Å². The third kappa shape index (κ3) is 2.60. The molecule has 2 atom stereocenters. The highest BCUT2D eigenvalue weighted by Gasteiger charge is 2.27. The van der Waals surface area contributed by atoms with Gasteiger partial charge in [-0.1, -0.05) is 6.92 Å². The second kappa shape index (κ2) is 5.51. The second-order valence-electron chi connectivity index (χ2n) is 4.11. The number of nitrogens with one attached hydrogen (secondary N) is 1. The zero-order valence-corrected chi connectivity index (χ0v) is 10.9. The number of aliphatic hydroxyl groups excluding tert-OH is 2. The molecular formula is C11H17NO2S2. The van der Waals surface area contributed by atoms with Crippen LogP contribution in [0.2, 0.25) is 0 Å². The Morgan fingerprint density at radius 1 is 1.50 bits per heavy atom. The van der Waals surface area contributed by atoms with Crippen LogP contribution in [0.1, 0.15) is 24.9 Å². The van der Waals surface area contributed by atoms with Crippen LogP contribution in [0.15, 0.2) is 15.7 Å². The fourth-order valence-electron chi connectivity index (χ4n) is 1.95. The van der Waals surface area contributed by atoms with E-state index in [2.05, 4.69) is 23.7 Å². The Morgan fingerprint density at radius 2 is 2.25 bits per heavy atom. The number of aliphatic hydroxyl groups is 2. The molecular weight excluding hydrogens is 242 g/mol. The van der Waals surface area contributed by atoms with E-state index < -0.39 is 0 Å². The number of thioether (sulfide) groups is 1. The number of hydrogen-bond donors (Lipinski definition) is 3. The topological polar surface area (TPSA) is 52.5 Å². The predicted octanol–water partition coefficient (Wildman–Crippen LogP) is 1.62. The predicted molar refractivity (Wildman–Crippen MR) is 68.1 cm³/mol. The lowest BCUT2D eigenvalue weighted by atomic mass is 10.0. The zero-order valence-electron chi connectivity index (χ0n) is 9.22. The number of hydrogen-bond acceptors (Lipinski definition) is 5. The standard InChI is InChI=1S/C11H17NO2S2/c1-7-4-10(12-8(5-13)6-14)9-2-3-15-11(9)16-7/h2-3,7-8,10,12-14H,4-6H2,1H3/t7-,10?/m0/s1. The van der Waals surface area contributed by atoms with Gasteiger partial charge in [-0.3, -0.25) is 0 Å². The van der Waals surface area contributed by atoms with Gasteiger partial charge in [-0.05, 0) is 23.4 Å². The summed E-state index contributed by atoms with van der Waals surface area (Å²) in [6.07, 6.45) is 1.05. The van der Waals surface area contributed by atoms with E-state index in [1.54, 1.807) is 11.3 Å². The van der Waals surface area contributed by atoms with Crippen LogP contribution in [0.3, 0.4) is 0 Å². The van der Waals surface area contributed by atoms with E-state index in [1.165, 1.54) is 9.77 Å². The normalized spacial score (nSPS) is 24.8. The summed E-state index contributed by atoms with van der Waals surface area (Å²) in [4.78, 5) is 0. The molecule has 0 radical (unpaired) electrons. The average molecular weight is 259 g/mol. The van der Waals surface area contributed by atoms with Gasteiger partial charge in [0, 0.05) is 11.3 Å². The molecule has 0 aromatic carbocycles. The van der Waals surface area contributed by atoms with Crippen LogP contribution >= 0.6 is 23.1 Å². The van der Waals surface area contributed by atoms with Gasteiger partial charge in [0.2, 0.25) is 0 Å². The molecule has 1 aliphatic rings. The summed E-state index contributed by atoms with van der Waals surface area (Å²) in [5, 5.41) is 24.2. The van der Waals surface area contributed by atoms with E-state index in [1.807, 2.05) is 11.8 Å². The lowest BCUT2D eigenvalue weighted by Crippen LogP contribution is -2.40. The van der Waals surface area contributed by atoms with Gasteiger partial charge < -0.3 is 15.5 Å². The van der Waals surface area contributed by atoms with Crippen molar-refractivity contribution in [1.29, 1.82) is 0 Å². The molecule has 16 heavy (non-hydrogen) atoms. The van der Waals surface area contributed by atoms with Crippen LogP contribution in [-0.2, 0) is 0 Å². The minimum atomic E-state index is -0.215. The molecule has 3 nitrogen and oxygen atoms in total. The summed E-state index contributed by atoms with van der Waals surface area (Å²) in [6.45, 7) is 2.18. The summed E-state index contributed by atoms with van der Waals surface area (Å²) in [7, 11) is 0. The number of rotatable bonds is 4. The summed E-state index contributed by atoms with van der Waals surface area (Å²) >= 11 is 3.69. The highest BCUT2D eigenvalue weighted by molar-refractivity contribution is 8.01. The maximum Gasteiger partial charge on any atom is 0.0649 e. The Bertz CT molecular complexity index is 338. The first-order valence-corrected chi connectivity index (χ1v) is 7.22. The Balaban J connectivity index is 2.11. The third-order valence-corrected chi connectivity index (χ3v) is 5.13. The molecule has 2 heterocycles. The molecule has 0 saturated heterocycles. The molecule has 1 aromatic rings. The zero-order chi connectivity index (χ0) is 11.5. The highest BCUT2D eigenvalue weighted by Crippen LogP contribution is 2.43. The molecule has 3 N–H and O–H groups in total. The summed E-state index contributed by atoms with van der Waals surface area (Å²) in [5.41, 5.74) is 1.32. The molecule has 0 spiro atoms. The van der Waals surface area contributed by atoms with Crippen molar-refractivity contribution < 1.29 is 10.2 Å². The van der Waals surface area contributed by atoms with E-state index >= 15 is 0 Å². The van der Waals surface area contributed by atoms with Gasteiger partial charge in [-0.25, -0.2) is 0 Å². The first kappa shape index (κ1) is 12.4. The van der Waals surface area contributed by atoms with E-state index in [0.717, 1.165) is 6.42 Å². The Hall–Kier alpha value is -0.0700. The molecule has 2 rings (SSSR count). The van der Waals surface area contributed by atoms with Crippen LogP contribution in [0.4, 0.5) is 0 Å². The van der Waals surface area contributed by atoms with Gasteiger partial charge in [-0.2, -0.15) is 0 Å².